The van der Waals surface area contributed by atoms with Gasteiger partial charge in [-0.15, -0.1) is 10.2 Å². The standard InChI is InChI=1S/C23H24N6OS/c1-27-21(24-19-12-6-5-11-18(19)22(27)30)16-31-23-26-25-20(15-28-13-7-8-14-28)29(23)17-9-3-2-4-10-17/h2-6,9-12H,7-8,13-16H2,1H3. The van der Waals surface area contributed by atoms with E-state index >= 15 is 0 Å². The van der Waals surface area contributed by atoms with Gasteiger partial charge in [0.1, 0.15) is 5.82 Å². The molecule has 31 heavy (non-hydrogen) atoms. The SMILES string of the molecule is Cn1c(CSc2nnc(CN3CCCC3)n2-c2ccccc2)nc2ccccc2c1=O. The molecule has 2 aromatic heterocycles. The summed E-state index contributed by atoms with van der Waals surface area (Å²) < 4.78 is 3.76. The van der Waals surface area contributed by atoms with Crippen LogP contribution in [0.2, 0.25) is 0 Å². The van der Waals surface area contributed by atoms with Gasteiger partial charge in [-0.3, -0.25) is 18.8 Å². The summed E-state index contributed by atoms with van der Waals surface area (Å²) in [5.74, 6) is 2.19. The molecule has 7 nitrogen and oxygen atoms in total. The summed E-state index contributed by atoms with van der Waals surface area (Å²) in [5.41, 5.74) is 1.74. The zero-order valence-corrected chi connectivity index (χ0v) is 18.3. The van der Waals surface area contributed by atoms with Gasteiger partial charge in [-0.05, 0) is 50.2 Å². The number of para-hydroxylation sites is 2. The van der Waals surface area contributed by atoms with Crippen molar-refractivity contribution >= 4 is 22.7 Å². The number of likely N-dealkylation sites (tertiary alicyclic amines) is 1. The number of aromatic nitrogens is 5. The number of hydrogen-bond donors (Lipinski definition) is 0. The molecule has 0 aliphatic carbocycles. The molecule has 0 saturated carbocycles. The number of thioether (sulfide) groups is 1. The topological polar surface area (TPSA) is 68.8 Å². The van der Waals surface area contributed by atoms with E-state index in [1.165, 1.54) is 12.8 Å². The monoisotopic (exact) mass is 432 g/mol. The Balaban J connectivity index is 1.47. The molecule has 1 saturated heterocycles. The first-order valence-electron chi connectivity index (χ1n) is 10.5. The fourth-order valence-electron chi connectivity index (χ4n) is 4.00. The average molecular weight is 433 g/mol. The van der Waals surface area contributed by atoms with Crippen LogP contribution in [0.4, 0.5) is 0 Å². The second-order valence-electron chi connectivity index (χ2n) is 7.75. The predicted octanol–water partition coefficient (Wildman–Crippen LogP) is 3.40. The summed E-state index contributed by atoms with van der Waals surface area (Å²) in [6, 6.07) is 17.7. The van der Waals surface area contributed by atoms with E-state index in [0.29, 0.717) is 11.1 Å². The number of nitrogens with zero attached hydrogens (tertiary/aromatic N) is 6. The van der Waals surface area contributed by atoms with Crippen molar-refractivity contribution < 1.29 is 0 Å². The van der Waals surface area contributed by atoms with E-state index < -0.39 is 0 Å². The van der Waals surface area contributed by atoms with Gasteiger partial charge >= 0.3 is 0 Å². The Hall–Kier alpha value is -2.97. The Morgan fingerprint density at radius 2 is 1.68 bits per heavy atom. The lowest BCUT2D eigenvalue weighted by molar-refractivity contribution is 0.319. The fraction of sp³-hybridized carbons (Fsp3) is 0.304. The van der Waals surface area contributed by atoms with Crippen molar-refractivity contribution in [1.29, 1.82) is 0 Å². The molecule has 1 aliphatic heterocycles. The highest BCUT2D eigenvalue weighted by Gasteiger charge is 2.20. The number of fused-ring (bicyclic) bond motifs is 1. The Bertz CT molecular complexity index is 1260. The minimum absolute atomic E-state index is 0.0274. The van der Waals surface area contributed by atoms with Crippen LogP contribution >= 0.6 is 11.8 Å². The lowest BCUT2D eigenvalue weighted by Crippen LogP contribution is -2.22. The van der Waals surface area contributed by atoms with Crippen molar-refractivity contribution in [3.05, 3.63) is 76.6 Å². The van der Waals surface area contributed by atoms with Gasteiger partial charge in [-0.2, -0.15) is 0 Å². The highest BCUT2D eigenvalue weighted by molar-refractivity contribution is 7.98. The van der Waals surface area contributed by atoms with Gasteiger partial charge in [0.05, 0.1) is 23.2 Å². The molecule has 8 heteroatoms. The quantitative estimate of drug-likeness (QED) is 0.435. The Morgan fingerprint density at radius 3 is 2.48 bits per heavy atom. The lowest BCUT2D eigenvalue weighted by atomic mass is 10.2. The van der Waals surface area contributed by atoms with Gasteiger partial charge in [-0.1, -0.05) is 42.1 Å². The van der Waals surface area contributed by atoms with E-state index in [2.05, 4.69) is 31.8 Å². The molecule has 4 aromatic rings. The predicted molar refractivity (Wildman–Crippen MR) is 122 cm³/mol. The molecule has 0 spiro atoms. The minimum atomic E-state index is -0.0274. The van der Waals surface area contributed by atoms with Crippen molar-refractivity contribution in [3.63, 3.8) is 0 Å². The first kappa shape index (κ1) is 20.0. The van der Waals surface area contributed by atoms with Gasteiger partial charge in [-0.25, -0.2) is 4.98 Å². The van der Waals surface area contributed by atoms with Crippen LogP contribution < -0.4 is 5.56 Å². The molecular formula is C23H24N6OS. The summed E-state index contributed by atoms with van der Waals surface area (Å²) in [7, 11) is 1.78. The van der Waals surface area contributed by atoms with E-state index in [1.807, 2.05) is 42.5 Å². The van der Waals surface area contributed by atoms with Crippen molar-refractivity contribution in [2.24, 2.45) is 7.05 Å². The van der Waals surface area contributed by atoms with Crippen LogP contribution in [0.15, 0.2) is 64.5 Å². The first-order valence-corrected chi connectivity index (χ1v) is 11.5. The normalized spacial score (nSPS) is 14.5. The van der Waals surface area contributed by atoms with E-state index in [4.69, 9.17) is 4.98 Å². The molecule has 2 aromatic carbocycles. The second-order valence-corrected chi connectivity index (χ2v) is 8.69. The lowest BCUT2D eigenvalue weighted by Gasteiger charge is -2.16. The van der Waals surface area contributed by atoms with Crippen molar-refractivity contribution in [3.8, 4) is 5.69 Å². The molecule has 0 N–H and O–H groups in total. The maximum atomic E-state index is 12.7. The zero-order chi connectivity index (χ0) is 21.2. The second kappa shape index (κ2) is 8.64. The van der Waals surface area contributed by atoms with Gasteiger partial charge < -0.3 is 0 Å². The van der Waals surface area contributed by atoms with Gasteiger partial charge in [0.25, 0.3) is 5.56 Å². The third-order valence-electron chi connectivity index (χ3n) is 5.68. The molecule has 158 valence electrons. The zero-order valence-electron chi connectivity index (χ0n) is 17.4. The Kier molecular flexibility index (Phi) is 5.57. The van der Waals surface area contributed by atoms with Gasteiger partial charge in [0, 0.05) is 12.7 Å². The minimum Gasteiger partial charge on any atom is -0.299 e. The highest BCUT2D eigenvalue weighted by Crippen LogP contribution is 2.26. The van der Waals surface area contributed by atoms with Crippen LogP contribution in [0.1, 0.15) is 24.5 Å². The molecule has 0 unspecified atom stereocenters. The number of rotatable bonds is 6. The molecule has 1 aliphatic rings. The van der Waals surface area contributed by atoms with Crippen molar-refractivity contribution in [1.82, 2.24) is 29.2 Å². The van der Waals surface area contributed by atoms with Crippen molar-refractivity contribution in [2.45, 2.75) is 30.3 Å². The van der Waals surface area contributed by atoms with E-state index in [0.717, 1.165) is 47.6 Å². The molecule has 3 heterocycles. The van der Waals surface area contributed by atoms with Crippen LogP contribution in [0.5, 0.6) is 0 Å². The molecule has 0 bridgehead atoms. The summed E-state index contributed by atoms with van der Waals surface area (Å²) >= 11 is 1.55. The number of benzene rings is 2. The van der Waals surface area contributed by atoms with Crippen molar-refractivity contribution in [2.75, 3.05) is 13.1 Å². The summed E-state index contributed by atoms with van der Waals surface area (Å²) in [6.07, 6.45) is 2.48. The summed E-state index contributed by atoms with van der Waals surface area (Å²) in [6.45, 7) is 3.00. The van der Waals surface area contributed by atoms with Gasteiger partial charge in [0.2, 0.25) is 0 Å². The molecule has 5 rings (SSSR count). The molecule has 1 fully saturated rings. The Labute approximate surface area is 184 Å². The van der Waals surface area contributed by atoms with Crippen LogP contribution in [0.3, 0.4) is 0 Å². The average Bonchev–Trinajstić information content (AvgIpc) is 3.46. The summed E-state index contributed by atoms with van der Waals surface area (Å²) in [4.78, 5) is 19.9. The van der Waals surface area contributed by atoms with Crippen LogP contribution in [-0.2, 0) is 19.3 Å². The third-order valence-corrected chi connectivity index (χ3v) is 6.61. The van der Waals surface area contributed by atoms with E-state index in [9.17, 15) is 4.79 Å². The summed E-state index contributed by atoms with van der Waals surface area (Å²) in [5, 5.41) is 10.5. The maximum absolute atomic E-state index is 12.7. The largest absolute Gasteiger partial charge is 0.299 e. The highest BCUT2D eigenvalue weighted by atomic mass is 32.2. The smallest absolute Gasteiger partial charge is 0.261 e. The van der Waals surface area contributed by atoms with E-state index in [1.54, 1.807) is 23.4 Å². The molecule has 0 atom stereocenters. The first-order chi connectivity index (χ1) is 15.2. The fourth-order valence-corrected chi connectivity index (χ4v) is 4.95. The maximum Gasteiger partial charge on any atom is 0.261 e. The van der Waals surface area contributed by atoms with Crippen LogP contribution in [0.25, 0.3) is 16.6 Å². The molecular weight excluding hydrogens is 408 g/mol. The molecule has 0 amide bonds. The number of hydrogen-bond acceptors (Lipinski definition) is 6. The van der Waals surface area contributed by atoms with Crippen LogP contribution in [0, 0.1) is 0 Å². The third kappa shape index (κ3) is 4.00. The van der Waals surface area contributed by atoms with Gasteiger partial charge in [0.15, 0.2) is 11.0 Å². The Morgan fingerprint density at radius 1 is 0.935 bits per heavy atom. The van der Waals surface area contributed by atoms with Crippen LogP contribution in [-0.4, -0.2) is 42.3 Å². The molecule has 0 radical (unpaired) electrons. The van der Waals surface area contributed by atoms with E-state index in [-0.39, 0.29) is 5.56 Å².